The first kappa shape index (κ1) is 16.7. The smallest absolute Gasteiger partial charge is 0.339 e. The Kier molecular flexibility index (Phi) is 5.48. The summed E-state index contributed by atoms with van der Waals surface area (Å²) in [4.78, 5) is 11.1. The van der Waals surface area contributed by atoms with Crippen LogP contribution in [0.1, 0.15) is 18.9 Å². The summed E-state index contributed by atoms with van der Waals surface area (Å²) in [6, 6.07) is 14.2. The highest BCUT2D eigenvalue weighted by Gasteiger charge is 2.15. The van der Waals surface area contributed by atoms with Gasteiger partial charge in [0.2, 0.25) is 5.91 Å². The maximum atomic E-state index is 12.1. The number of nitrogens with zero attached hydrogens (tertiary/aromatic N) is 1. The molecule has 0 fully saturated rings. The monoisotopic (exact) mass is 332 g/mol. The molecule has 0 bridgehead atoms. The van der Waals surface area contributed by atoms with Crippen molar-refractivity contribution in [2.75, 3.05) is 0 Å². The molecule has 120 valence electrons. The van der Waals surface area contributed by atoms with Crippen molar-refractivity contribution in [1.29, 1.82) is 0 Å². The molecule has 0 heterocycles. The summed E-state index contributed by atoms with van der Waals surface area (Å²) < 4.78 is 29.2. The lowest BCUT2D eigenvalue weighted by Crippen LogP contribution is -2.15. The van der Waals surface area contributed by atoms with E-state index in [0.29, 0.717) is 12.0 Å². The second kappa shape index (κ2) is 7.55. The quantitative estimate of drug-likeness (QED) is 0.500. The van der Waals surface area contributed by atoms with E-state index in [2.05, 4.69) is 10.5 Å². The maximum absolute atomic E-state index is 12.1. The fraction of sp³-hybridized carbons (Fsp3) is 0.125. The van der Waals surface area contributed by atoms with Crippen LogP contribution in [0.4, 0.5) is 0 Å². The molecular formula is C16H16N2O4S. The van der Waals surface area contributed by atoms with Gasteiger partial charge in [0.1, 0.15) is 10.6 Å². The van der Waals surface area contributed by atoms with E-state index in [9.17, 15) is 13.2 Å². The lowest BCUT2D eigenvalue weighted by molar-refractivity contribution is -0.120. The Balaban J connectivity index is 2.04. The molecule has 0 aromatic heterocycles. The van der Waals surface area contributed by atoms with Gasteiger partial charge in [0.05, 0.1) is 6.21 Å². The SMILES string of the molecule is CCC(=O)N/N=C/c1ccc(OS(=O)(=O)c2ccccc2)cc1. The van der Waals surface area contributed by atoms with Gasteiger partial charge in [-0.05, 0) is 42.0 Å². The molecule has 1 N–H and O–H groups in total. The first-order valence-electron chi connectivity index (χ1n) is 6.93. The van der Waals surface area contributed by atoms with Gasteiger partial charge in [-0.2, -0.15) is 13.5 Å². The minimum Gasteiger partial charge on any atom is -0.379 e. The Morgan fingerprint density at radius 2 is 1.78 bits per heavy atom. The zero-order valence-electron chi connectivity index (χ0n) is 12.5. The molecule has 0 saturated heterocycles. The number of amides is 1. The number of carbonyl (C=O) groups is 1. The predicted octanol–water partition coefficient (Wildman–Crippen LogP) is 2.31. The van der Waals surface area contributed by atoms with Gasteiger partial charge in [-0.25, -0.2) is 5.43 Å². The van der Waals surface area contributed by atoms with Crippen molar-refractivity contribution in [1.82, 2.24) is 5.43 Å². The second-order valence-electron chi connectivity index (χ2n) is 4.57. The third-order valence-electron chi connectivity index (χ3n) is 2.84. The van der Waals surface area contributed by atoms with Crippen molar-refractivity contribution in [2.45, 2.75) is 18.2 Å². The van der Waals surface area contributed by atoms with Crippen LogP contribution in [-0.2, 0) is 14.9 Å². The Bertz CT molecular complexity index is 785. The lowest BCUT2D eigenvalue weighted by Gasteiger charge is -2.06. The van der Waals surface area contributed by atoms with Crippen LogP contribution < -0.4 is 9.61 Å². The van der Waals surface area contributed by atoms with Gasteiger partial charge in [0.25, 0.3) is 0 Å². The van der Waals surface area contributed by atoms with Crippen LogP contribution in [0.5, 0.6) is 5.75 Å². The topological polar surface area (TPSA) is 84.8 Å². The fourth-order valence-corrected chi connectivity index (χ4v) is 2.58. The first-order chi connectivity index (χ1) is 11.0. The third-order valence-corrected chi connectivity index (χ3v) is 4.10. The highest BCUT2D eigenvalue weighted by atomic mass is 32.2. The molecule has 2 rings (SSSR count). The molecule has 0 aliphatic rings. The number of carbonyl (C=O) groups excluding carboxylic acids is 1. The van der Waals surface area contributed by atoms with Crippen LogP contribution in [0.3, 0.4) is 0 Å². The molecule has 0 atom stereocenters. The normalized spacial score (nSPS) is 11.3. The lowest BCUT2D eigenvalue weighted by atomic mass is 10.2. The van der Waals surface area contributed by atoms with Crippen molar-refractivity contribution < 1.29 is 17.4 Å². The highest BCUT2D eigenvalue weighted by Crippen LogP contribution is 2.18. The number of hydrogen-bond acceptors (Lipinski definition) is 5. The van der Waals surface area contributed by atoms with E-state index >= 15 is 0 Å². The largest absolute Gasteiger partial charge is 0.379 e. The molecule has 6 nitrogen and oxygen atoms in total. The van der Waals surface area contributed by atoms with Crippen LogP contribution in [0.2, 0.25) is 0 Å². The number of rotatable bonds is 6. The van der Waals surface area contributed by atoms with E-state index in [-0.39, 0.29) is 16.6 Å². The first-order valence-corrected chi connectivity index (χ1v) is 8.33. The second-order valence-corrected chi connectivity index (χ2v) is 6.11. The fourth-order valence-electron chi connectivity index (χ4n) is 1.63. The molecular weight excluding hydrogens is 316 g/mol. The van der Waals surface area contributed by atoms with Crippen molar-refractivity contribution in [2.24, 2.45) is 5.10 Å². The molecule has 7 heteroatoms. The molecule has 0 aliphatic heterocycles. The van der Waals surface area contributed by atoms with Gasteiger partial charge in [-0.15, -0.1) is 0 Å². The van der Waals surface area contributed by atoms with Gasteiger partial charge in [0, 0.05) is 6.42 Å². The van der Waals surface area contributed by atoms with Crippen molar-refractivity contribution >= 4 is 22.2 Å². The molecule has 0 spiro atoms. The van der Waals surface area contributed by atoms with Gasteiger partial charge < -0.3 is 4.18 Å². The molecule has 2 aromatic carbocycles. The standard InChI is InChI=1S/C16H16N2O4S/c1-2-16(19)18-17-12-13-8-10-14(11-9-13)22-23(20,21)15-6-4-3-5-7-15/h3-12H,2H2,1H3,(H,18,19)/b17-12+. The van der Waals surface area contributed by atoms with Crippen LogP contribution in [-0.4, -0.2) is 20.5 Å². The van der Waals surface area contributed by atoms with Crippen LogP contribution >= 0.6 is 0 Å². The van der Waals surface area contributed by atoms with Gasteiger partial charge >= 0.3 is 10.1 Å². The summed E-state index contributed by atoms with van der Waals surface area (Å²) >= 11 is 0. The minimum atomic E-state index is -3.85. The Morgan fingerprint density at radius 3 is 2.39 bits per heavy atom. The number of benzene rings is 2. The zero-order chi connectivity index (χ0) is 16.7. The number of nitrogens with one attached hydrogen (secondary N) is 1. The molecule has 0 unspecified atom stereocenters. The van der Waals surface area contributed by atoms with Crippen LogP contribution in [0.15, 0.2) is 64.6 Å². The van der Waals surface area contributed by atoms with Gasteiger partial charge in [0.15, 0.2) is 0 Å². The highest BCUT2D eigenvalue weighted by molar-refractivity contribution is 7.87. The molecule has 0 radical (unpaired) electrons. The molecule has 0 aliphatic carbocycles. The van der Waals surface area contributed by atoms with E-state index in [4.69, 9.17) is 4.18 Å². The zero-order valence-corrected chi connectivity index (χ0v) is 13.3. The average Bonchev–Trinajstić information content (AvgIpc) is 2.57. The summed E-state index contributed by atoms with van der Waals surface area (Å²) in [7, 11) is -3.85. The van der Waals surface area contributed by atoms with Crippen molar-refractivity contribution in [3.05, 3.63) is 60.2 Å². The summed E-state index contributed by atoms with van der Waals surface area (Å²) in [5.74, 6) is 0.0127. The van der Waals surface area contributed by atoms with Crippen LogP contribution in [0, 0.1) is 0 Å². The number of hydrogen-bond donors (Lipinski definition) is 1. The maximum Gasteiger partial charge on any atom is 0.339 e. The molecule has 23 heavy (non-hydrogen) atoms. The number of hydrazone groups is 1. The van der Waals surface area contributed by atoms with E-state index in [1.54, 1.807) is 37.3 Å². The molecule has 1 amide bonds. The predicted molar refractivity (Wildman–Crippen MR) is 86.7 cm³/mol. The van der Waals surface area contributed by atoms with Crippen molar-refractivity contribution in [3.63, 3.8) is 0 Å². The van der Waals surface area contributed by atoms with Gasteiger partial charge in [-0.1, -0.05) is 25.1 Å². The summed E-state index contributed by atoms with van der Waals surface area (Å²) in [6.45, 7) is 1.73. The van der Waals surface area contributed by atoms with E-state index in [1.165, 1.54) is 30.5 Å². The Morgan fingerprint density at radius 1 is 1.13 bits per heavy atom. The minimum absolute atomic E-state index is 0.0907. The molecule has 0 saturated carbocycles. The van der Waals surface area contributed by atoms with Crippen molar-refractivity contribution in [3.8, 4) is 5.75 Å². The summed E-state index contributed by atoms with van der Waals surface area (Å²) in [5.41, 5.74) is 3.06. The van der Waals surface area contributed by atoms with E-state index < -0.39 is 10.1 Å². The van der Waals surface area contributed by atoms with Gasteiger partial charge in [-0.3, -0.25) is 4.79 Å². The van der Waals surface area contributed by atoms with E-state index in [1.807, 2.05) is 0 Å². The Labute approximate surface area is 134 Å². The molecule has 2 aromatic rings. The van der Waals surface area contributed by atoms with Crippen LogP contribution in [0.25, 0.3) is 0 Å². The third kappa shape index (κ3) is 4.93. The summed E-state index contributed by atoms with van der Waals surface area (Å²) in [6.07, 6.45) is 1.81. The summed E-state index contributed by atoms with van der Waals surface area (Å²) in [5, 5.41) is 3.78. The van der Waals surface area contributed by atoms with E-state index in [0.717, 1.165) is 0 Å². The average molecular weight is 332 g/mol. The Hall–Kier alpha value is -2.67.